The van der Waals surface area contributed by atoms with E-state index in [4.69, 9.17) is 0 Å². The zero-order valence-corrected chi connectivity index (χ0v) is 35.8. The van der Waals surface area contributed by atoms with Crippen LogP contribution in [0.25, 0.3) is 48.9 Å². The van der Waals surface area contributed by atoms with Crippen molar-refractivity contribution in [1.82, 2.24) is 4.40 Å². The van der Waals surface area contributed by atoms with E-state index < -0.39 is 0 Å². The maximum atomic E-state index is 11.3. The third-order valence-electron chi connectivity index (χ3n) is 18.6. The zero-order valence-electron chi connectivity index (χ0n) is 35.8. The summed E-state index contributed by atoms with van der Waals surface area (Å²) in [5, 5.41) is 30.4. The van der Waals surface area contributed by atoms with Crippen LogP contribution in [0.5, 0.6) is 0 Å². The number of nitrogens with zero attached hydrogens (tertiary/aromatic N) is 3. The standard InChI is InChI=1S/C62H41N3/c63-29-35-24-48-56(59-50(35)52-39-9-1-5-13-43(39)54(59)44-14-6-2-10-40(44)52)47-23-34-22-37(62-26-31-19-32(27-62)21-33(20-31)28-62)17-18-38(34)57-58-49(65(48)61(47)57)25-36(30-64)51-53-41-11-3-7-15-45(41)55(60(51)58)46-16-8-4-12-42(46)53/h1-18,22-25,31-33,52-55H,19-21,26-28H2. The van der Waals surface area contributed by atoms with Gasteiger partial charge < -0.3 is 4.40 Å². The Hall–Kier alpha value is -7.20. The molecule has 0 radical (unpaired) electrons. The largest absolute Gasteiger partial charge is 0.308 e. The van der Waals surface area contributed by atoms with E-state index in [0.29, 0.717) is 0 Å². The molecule has 0 aliphatic heterocycles. The smallest absolute Gasteiger partial charge is 0.0995 e. The van der Waals surface area contributed by atoms with Gasteiger partial charge in [0.25, 0.3) is 0 Å². The monoisotopic (exact) mass is 827 g/mol. The molecule has 20 rings (SSSR count). The maximum absolute atomic E-state index is 11.3. The highest BCUT2D eigenvalue weighted by atomic mass is 14.9. The molecule has 3 nitrogen and oxygen atoms in total. The summed E-state index contributed by atoms with van der Waals surface area (Å²) in [6.45, 7) is 0. The third-order valence-corrected chi connectivity index (χ3v) is 18.6. The Morgan fingerprint density at radius 1 is 0.431 bits per heavy atom. The van der Waals surface area contributed by atoms with E-state index in [-0.39, 0.29) is 29.1 Å². The second-order valence-corrected chi connectivity index (χ2v) is 21.4. The SMILES string of the molecule is N#Cc1cc2c(c3c1C1c4ccccc4C3c3ccccc31)c1cc3cc(C45CC6CC(CC(C6)C4)C5)ccc3c3c4c5c(c(C#N)cc4n2c13)C1c2ccccc2C5c2ccccc21. The van der Waals surface area contributed by atoms with Gasteiger partial charge in [-0.2, -0.15) is 10.5 Å². The predicted octanol–water partition coefficient (Wildman–Crippen LogP) is 14.2. The lowest BCUT2D eigenvalue weighted by Gasteiger charge is -2.57. The first kappa shape index (κ1) is 34.2. The number of fused-ring (bicyclic) bond motifs is 8. The minimum absolute atomic E-state index is 0.00286. The quantitative estimate of drug-likeness (QED) is 0.165. The van der Waals surface area contributed by atoms with Gasteiger partial charge in [0.05, 0.1) is 39.8 Å². The Bertz CT molecular complexity index is 3870. The molecule has 0 atom stereocenters. The molecule has 4 saturated carbocycles. The van der Waals surface area contributed by atoms with Crippen LogP contribution < -0.4 is 0 Å². The van der Waals surface area contributed by atoms with Crippen LogP contribution in [0.3, 0.4) is 0 Å². The first-order chi connectivity index (χ1) is 32.1. The lowest BCUT2D eigenvalue weighted by atomic mass is 9.48. The van der Waals surface area contributed by atoms with Crippen molar-refractivity contribution in [3.8, 4) is 12.1 Å². The molecule has 304 valence electrons. The van der Waals surface area contributed by atoms with Crippen LogP contribution >= 0.6 is 0 Å². The van der Waals surface area contributed by atoms with Crippen molar-refractivity contribution in [1.29, 1.82) is 10.5 Å². The van der Waals surface area contributed by atoms with Crippen LogP contribution in [0.2, 0.25) is 0 Å². The van der Waals surface area contributed by atoms with Crippen molar-refractivity contribution >= 4 is 48.9 Å². The summed E-state index contributed by atoms with van der Waals surface area (Å²) >= 11 is 0. The van der Waals surface area contributed by atoms with Gasteiger partial charge in [0.1, 0.15) is 0 Å². The minimum atomic E-state index is -0.0138. The van der Waals surface area contributed by atoms with Crippen molar-refractivity contribution in [2.24, 2.45) is 17.8 Å². The molecule has 4 fully saturated rings. The molecule has 2 aromatic heterocycles. The van der Waals surface area contributed by atoms with Gasteiger partial charge in [-0.1, -0.05) is 115 Å². The molecule has 0 spiro atoms. The summed E-state index contributed by atoms with van der Waals surface area (Å²) in [6, 6.07) is 56.3. The molecule has 3 heteroatoms. The van der Waals surface area contributed by atoms with Crippen molar-refractivity contribution in [2.75, 3.05) is 0 Å². The lowest BCUT2D eigenvalue weighted by Crippen LogP contribution is -2.48. The van der Waals surface area contributed by atoms with E-state index in [1.54, 1.807) is 5.56 Å². The van der Waals surface area contributed by atoms with Crippen LogP contribution in [-0.2, 0) is 5.41 Å². The summed E-state index contributed by atoms with van der Waals surface area (Å²) < 4.78 is 2.50. The second kappa shape index (κ2) is 11.4. The minimum Gasteiger partial charge on any atom is -0.308 e. The van der Waals surface area contributed by atoms with Crippen molar-refractivity contribution in [3.63, 3.8) is 0 Å². The number of nitriles is 2. The van der Waals surface area contributed by atoms with Gasteiger partial charge >= 0.3 is 0 Å². The molecular formula is C62H41N3. The second-order valence-electron chi connectivity index (χ2n) is 21.4. The van der Waals surface area contributed by atoms with Crippen LogP contribution in [0.1, 0.15) is 146 Å². The van der Waals surface area contributed by atoms with E-state index in [9.17, 15) is 10.5 Å². The fraction of sp³-hybridized carbons (Fsp3) is 0.226. The number of rotatable bonds is 1. The number of hydrogen-bond donors (Lipinski definition) is 0. The molecule has 10 aliphatic rings. The predicted molar refractivity (Wildman–Crippen MR) is 257 cm³/mol. The van der Waals surface area contributed by atoms with Crippen LogP contribution in [-0.4, -0.2) is 4.40 Å². The average Bonchev–Trinajstić information content (AvgIpc) is 3.87. The highest BCUT2D eigenvalue weighted by molar-refractivity contribution is 6.33. The van der Waals surface area contributed by atoms with Crippen molar-refractivity contribution in [2.45, 2.75) is 67.6 Å². The Labute approximate surface area is 376 Å². The molecule has 8 aromatic carbocycles. The van der Waals surface area contributed by atoms with Gasteiger partial charge in [0.2, 0.25) is 0 Å². The van der Waals surface area contributed by atoms with E-state index in [0.717, 1.165) is 39.9 Å². The van der Waals surface area contributed by atoms with Crippen molar-refractivity contribution in [3.05, 3.63) is 217 Å². The highest BCUT2D eigenvalue weighted by Gasteiger charge is 2.52. The average molecular weight is 828 g/mol. The van der Waals surface area contributed by atoms with Gasteiger partial charge in [-0.3, -0.25) is 0 Å². The van der Waals surface area contributed by atoms with Gasteiger partial charge in [-0.15, -0.1) is 0 Å². The van der Waals surface area contributed by atoms with Gasteiger partial charge in [0, 0.05) is 45.2 Å². The molecule has 0 saturated heterocycles. The Kier molecular flexibility index (Phi) is 5.98. The van der Waals surface area contributed by atoms with Crippen LogP contribution in [0.15, 0.2) is 133 Å². The van der Waals surface area contributed by atoms with Gasteiger partial charge in [-0.05, 0) is 163 Å². The van der Waals surface area contributed by atoms with Crippen molar-refractivity contribution < 1.29 is 0 Å². The molecular weight excluding hydrogens is 787 g/mol. The Balaban J connectivity index is 1.07. The molecule has 0 unspecified atom stereocenters. The van der Waals surface area contributed by atoms with E-state index >= 15 is 0 Å². The summed E-state index contributed by atoms with van der Waals surface area (Å²) in [4.78, 5) is 0. The third kappa shape index (κ3) is 3.84. The number of aromatic nitrogens is 1. The van der Waals surface area contributed by atoms with Crippen LogP contribution in [0.4, 0.5) is 0 Å². The van der Waals surface area contributed by atoms with E-state index in [1.807, 2.05) is 0 Å². The Morgan fingerprint density at radius 2 is 0.846 bits per heavy atom. The number of benzene rings is 8. The molecule has 10 aromatic rings. The first-order valence-corrected chi connectivity index (χ1v) is 24.1. The summed E-state index contributed by atoms with van der Waals surface area (Å²) in [5.41, 5.74) is 22.4. The topological polar surface area (TPSA) is 52.0 Å². The fourth-order valence-electron chi connectivity index (χ4n) is 17.0. The summed E-state index contributed by atoms with van der Waals surface area (Å²) in [7, 11) is 0. The summed E-state index contributed by atoms with van der Waals surface area (Å²) in [6.07, 6.45) is 8.30. The highest BCUT2D eigenvalue weighted by Crippen LogP contribution is 2.64. The zero-order chi connectivity index (χ0) is 42.2. The molecule has 0 amide bonds. The van der Waals surface area contributed by atoms with E-state index in [1.165, 1.54) is 143 Å². The molecule has 65 heavy (non-hydrogen) atoms. The van der Waals surface area contributed by atoms with Gasteiger partial charge in [0.15, 0.2) is 0 Å². The fourth-order valence-corrected chi connectivity index (χ4v) is 17.0. The maximum Gasteiger partial charge on any atom is 0.0995 e. The molecule has 2 heterocycles. The van der Waals surface area contributed by atoms with E-state index in [2.05, 4.69) is 150 Å². The normalized spacial score (nSPS) is 26.6. The molecule has 10 aliphatic carbocycles. The molecule has 8 bridgehead atoms. The molecule has 0 N–H and O–H groups in total. The van der Waals surface area contributed by atoms with Gasteiger partial charge in [-0.25, -0.2) is 0 Å². The lowest BCUT2D eigenvalue weighted by molar-refractivity contribution is -0.00512. The number of hydrogen-bond acceptors (Lipinski definition) is 2. The Morgan fingerprint density at radius 3 is 1.29 bits per heavy atom. The first-order valence-electron chi connectivity index (χ1n) is 24.1. The summed E-state index contributed by atoms with van der Waals surface area (Å²) in [5.74, 6) is 2.59. The van der Waals surface area contributed by atoms with Crippen LogP contribution in [0, 0.1) is 40.4 Å².